The van der Waals surface area contributed by atoms with Crippen molar-refractivity contribution in [2.45, 2.75) is 24.3 Å². The molecule has 0 aromatic heterocycles. The number of rotatable bonds is 6. The van der Waals surface area contributed by atoms with Crippen molar-refractivity contribution in [1.29, 1.82) is 0 Å². The van der Waals surface area contributed by atoms with Crippen LogP contribution in [0.15, 0.2) is 17.0 Å². The molecule has 1 N–H and O–H groups in total. The number of nitrogens with one attached hydrogen (secondary N) is 1. The van der Waals surface area contributed by atoms with Gasteiger partial charge in [0.2, 0.25) is 0 Å². The number of carbonyl (C=O) groups is 1. The van der Waals surface area contributed by atoms with Crippen LogP contribution < -0.4 is 5.32 Å². The van der Waals surface area contributed by atoms with Gasteiger partial charge in [0, 0.05) is 17.8 Å². The van der Waals surface area contributed by atoms with Crippen molar-refractivity contribution >= 4 is 25.6 Å². The van der Waals surface area contributed by atoms with Crippen molar-refractivity contribution in [3.63, 3.8) is 0 Å². The molecule has 9 heteroatoms. The van der Waals surface area contributed by atoms with Gasteiger partial charge in [-0.15, -0.1) is 0 Å². The van der Waals surface area contributed by atoms with Crippen LogP contribution in [0, 0.1) is 11.6 Å². The molecule has 0 bridgehead atoms. The quantitative estimate of drug-likeness (QED) is 0.804. The van der Waals surface area contributed by atoms with Gasteiger partial charge in [-0.25, -0.2) is 17.2 Å². The highest BCUT2D eigenvalue weighted by atomic mass is 35.7. The fraction of sp³-hybridized carbons (Fsp3) is 0.417. The molecule has 0 heterocycles. The number of benzene rings is 1. The molecule has 0 fully saturated rings. The zero-order valence-corrected chi connectivity index (χ0v) is 12.9. The predicted octanol–water partition coefficient (Wildman–Crippen LogP) is 2.05. The van der Waals surface area contributed by atoms with Crippen LogP contribution in [0.2, 0.25) is 0 Å². The number of methoxy groups -OCH3 is 1. The van der Waals surface area contributed by atoms with Crippen LogP contribution in [-0.4, -0.2) is 34.1 Å². The highest BCUT2D eigenvalue weighted by molar-refractivity contribution is 8.13. The van der Waals surface area contributed by atoms with E-state index in [4.69, 9.17) is 15.4 Å². The molecule has 1 aromatic carbocycles. The van der Waals surface area contributed by atoms with Crippen molar-refractivity contribution in [3.05, 3.63) is 29.3 Å². The van der Waals surface area contributed by atoms with Gasteiger partial charge in [-0.3, -0.25) is 4.79 Å². The van der Waals surface area contributed by atoms with E-state index in [0.717, 1.165) is 0 Å². The molecule has 0 aliphatic heterocycles. The van der Waals surface area contributed by atoms with Gasteiger partial charge in [0.05, 0.1) is 18.2 Å². The Labute approximate surface area is 125 Å². The molecular formula is C12H14ClF2NO4S. The first-order valence-corrected chi connectivity index (χ1v) is 8.25. The normalized spacial score (nSPS) is 13.0. The Balaban J connectivity index is 3.19. The molecule has 0 saturated heterocycles. The van der Waals surface area contributed by atoms with Gasteiger partial charge < -0.3 is 10.1 Å². The smallest absolute Gasteiger partial charge is 0.264 e. The van der Waals surface area contributed by atoms with Crippen LogP contribution in [-0.2, 0) is 13.8 Å². The Kier molecular flexibility index (Phi) is 6.06. The summed E-state index contributed by atoms with van der Waals surface area (Å²) in [6.45, 7) is 1.94. The minimum atomic E-state index is -4.50. The molecule has 0 saturated carbocycles. The lowest BCUT2D eigenvalue weighted by Gasteiger charge is -2.16. The zero-order valence-electron chi connectivity index (χ0n) is 11.3. The van der Waals surface area contributed by atoms with Crippen molar-refractivity contribution < 1.29 is 26.7 Å². The molecule has 1 rings (SSSR count). The summed E-state index contributed by atoms with van der Waals surface area (Å²) in [7, 11) is 1.93. The lowest BCUT2D eigenvalue weighted by atomic mass is 10.1. The molecule has 1 amide bonds. The van der Waals surface area contributed by atoms with Gasteiger partial charge in [0.15, 0.2) is 5.82 Å². The minimum Gasteiger partial charge on any atom is -0.383 e. The zero-order chi connectivity index (χ0) is 16.2. The monoisotopic (exact) mass is 341 g/mol. The van der Waals surface area contributed by atoms with E-state index in [0.29, 0.717) is 18.6 Å². The average molecular weight is 342 g/mol. The number of halogens is 3. The third-order valence-electron chi connectivity index (χ3n) is 2.71. The Morgan fingerprint density at radius 3 is 2.52 bits per heavy atom. The van der Waals surface area contributed by atoms with Gasteiger partial charge in [0.1, 0.15) is 10.7 Å². The maximum Gasteiger partial charge on any atom is 0.264 e. The summed E-state index contributed by atoms with van der Waals surface area (Å²) in [5.41, 5.74) is -0.733. The summed E-state index contributed by atoms with van der Waals surface area (Å²) in [5, 5.41) is 2.42. The highest BCUT2D eigenvalue weighted by Gasteiger charge is 2.25. The first-order chi connectivity index (χ1) is 9.70. The minimum absolute atomic E-state index is 0.180. The van der Waals surface area contributed by atoms with Gasteiger partial charge in [-0.2, -0.15) is 0 Å². The molecule has 0 spiro atoms. The Morgan fingerprint density at radius 1 is 1.43 bits per heavy atom. The molecule has 0 aliphatic carbocycles. The number of carbonyl (C=O) groups excluding carboxylic acids is 1. The maximum absolute atomic E-state index is 14.0. The second-order valence-corrected chi connectivity index (χ2v) is 6.77. The molecule has 21 heavy (non-hydrogen) atoms. The molecule has 1 unspecified atom stereocenters. The van der Waals surface area contributed by atoms with Crippen LogP contribution in [0.1, 0.15) is 23.7 Å². The predicted molar refractivity (Wildman–Crippen MR) is 72.8 cm³/mol. The van der Waals surface area contributed by atoms with Gasteiger partial charge in [0.25, 0.3) is 15.0 Å². The summed E-state index contributed by atoms with van der Waals surface area (Å²) in [5.74, 6) is -3.42. The third-order valence-corrected chi connectivity index (χ3v) is 4.03. The molecule has 5 nitrogen and oxygen atoms in total. The van der Waals surface area contributed by atoms with E-state index in [1.54, 1.807) is 6.92 Å². The summed E-state index contributed by atoms with van der Waals surface area (Å²) in [6.07, 6.45) is 0.497. The third kappa shape index (κ3) is 4.62. The van der Waals surface area contributed by atoms with E-state index in [1.165, 1.54) is 7.11 Å². The first-order valence-electron chi connectivity index (χ1n) is 5.94. The van der Waals surface area contributed by atoms with Crippen molar-refractivity contribution in [2.24, 2.45) is 0 Å². The largest absolute Gasteiger partial charge is 0.383 e. The average Bonchev–Trinajstić information content (AvgIpc) is 2.39. The summed E-state index contributed by atoms with van der Waals surface area (Å²) in [6, 6.07) is 0.609. The number of hydrogen-bond donors (Lipinski definition) is 1. The van der Waals surface area contributed by atoms with Crippen molar-refractivity contribution in [1.82, 2.24) is 5.32 Å². The van der Waals surface area contributed by atoms with Crippen LogP contribution in [0.3, 0.4) is 0 Å². The summed E-state index contributed by atoms with van der Waals surface area (Å²) in [4.78, 5) is 10.9. The molecule has 1 atom stereocenters. The fourth-order valence-electron chi connectivity index (χ4n) is 1.63. The lowest BCUT2D eigenvalue weighted by molar-refractivity contribution is 0.0889. The second kappa shape index (κ2) is 7.15. The highest BCUT2D eigenvalue weighted by Crippen LogP contribution is 2.23. The van der Waals surface area contributed by atoms with Crippen molar-refractivity contribution in [2.75, 3.05) is 13.7 Å². The van der Waals surface area contributed by atoms with Crippen LogP contribution in [0.25, 0.3) is 0 Å². The number of hydrogen-bond acceptors (Lipinski definition) is 4. The van der Waals surface area contributed by atoms with E-state index in [-0.39, 0.29) is 6.61 Å². The van der Waals surface area contributed by atoms with Gasteiger partial charge in [-0.1, -0.05) is 6.92 Å². The molecular weight excluding hydrogens is 328 g/mol. The topological polar surface area (TPSA) is 72.5 Å². The SMILES string of the molecule is CCC(COC)NC(=O)c1cc(F)cc(S(=O)(=O)Cl)c1F. The van der Waals surface area contributed by atoms with E-state index in [1.807, 2.05) is 0 Å². The van der Waals surface area contributed by atoms with E-state index in [9.17, 15) is 22.0 Å². The standard InChI is InChI=1S/C12H14ClF2NO4S/c1-3-8(6-20-2)16-12(17)9-4-7(14)5-10(11(9)15)21(13,18)19/h4-5,8H,3,6H2,1-2H3,(H,16,17). The van der Waals surface area contributed by atoms with Gasteiger partial charge >= 0.3 is 0 Å². The van der Waals surface area contributed by atoms with E-state index < -0.39 is 43.1 Å². The Morgan fingerprint density at radius 2 is 2.05 bits per heavy atom. The van der Waals surface area contributed by atoms with E-state index in [2.05, 4.69) is 5.32 Å². The first kappa shape index (κ1) is 17.8. The second-order valence-electron chi connectivity index (χ2n) is 4.24. The Bertz CT molecular complexity index is 636. The summed E-state index contributed by atoms with van der Waals surface area (Å²) < 4.78 is 54.6. The number of ether oxygens (including phenoxy) is 1. The summed E-state index contributed by atoms with van der Waals surface area (Å²) >= 11 is 0. The van der Waals surface area contributed by atoms with Gasteiger partial charge in [-0.05, 0) is 18.6 Å². The fourth-order valence-corrected chi connectivity index (χ4v) is 2.55. The van der Waals surface area contributed by atoms with Crippen LogP contribution in [0.5, 0.6) is 0 Å². The molecule has 0 aliphatic rings. The molecule has 0 radical (unpaired) electrons. The number of amides is 1. The molecule has 118 valence electrons. The van der Waals surface area contributed by atoms with Crippen LogP contribution >= 0.6 is 10.7 Å². The van der Waals surface area contributed by atoms with Crippen molar-refractivity contribution in [3.8, 4) is 0 Å². The maximum atomic E-state index is 14.0. The van der Waals surface area contributed by atoms with E-state index >= 15 is 0 Å². The van der Waals surface area contributed by atoms with Crippen LogP contribution in [0.4, 0.5) is 8.78 Å². The lowest BCUT2D eigenvalue weighted by Crippen LogP contribution is -2.38. The molecule has 1 aromatic rings. The Hall–Kier alpha value is -1.25.